The van der Waals surface area contributed by atoms with E-state index in [-0.39, 0.29) is 5.92 Å². The van der Waals surface area contributed by atoms with Gasteiger partial charge in [0.05, 0.1) is 0 Å². The third-order valence-electron chi connectivity index (χ3n) is 2.68. The summed E-state index contributed by atoms with van der Waals surface area (Å²) in [6.45, 7) is 7.44. The highest BCUT2D eigenvalue weighted by Crippen LogP contribution is 2.18. The van der Waals surface area contributed by atoms with Gasteiger partial charge < -0.3 is 5.32 Å². The largest absolute Gasteiger partial charge is 0.313 e. The molecule has 0 heterocycles. The maximum absolute atomic E-state index is 13.1. The molecule has 4 heteroatoms. The smallest absolute Gasteiger partial charge is 0.194 e. The Morgan fingerprint density at radius 3 is 2.22 bits per heavy atom. The molecule has 0 unspecified atom stereocenters. The lowest BCUT2D eigenvalue weighted by Gasteiger charge is -2.12. The molecular formula is C14H18F3N. The Labute approximate surface area is 106 Å². The molecule has 1 N–H and O–H groups in total. The van der Waals surface area contributed by atoms with E-state index in [2.05, 4.69) is 5.32 Å². The predicted molar refractivity (Wildman–Crippen MR) is 67.7 cm³/mol. The van der Waals surface area contributed by atoms with Crippen LogP contribution in [0.3, 0.4) is 0 Å². The van der Waals surface area contributed by atoms with Crippen LogP contribution in [0.4, 0.5) is 13.2 Å². The summed E-state index contributed by atoms with van der Waals surface area (Å²) in [5.41, 5.74) is 1.36. The molecule has 1 aromatic rings. The first-order valence-corrected chi connectivity index (χ1v) is 6.01. The van der Waals surface area contributed by atoms with Crippen molar-refractivity contribution in [3.05, 3.63) is 40.7 Å². The van der Waals surface area contributed by atoms with Crippen LogP contribution in [0.1, 0.15) is 26.3 Å². The lowest BCUT2D eigenvalue weighted by atomic mass is 10.00. The zero-order valence-electron chi connectivity index (χ0n) is 10.9. The number of nitrogens with one attached hydrogen (secondary N) is 1. The molecule has 100 valence electrons. The molecule has 0 atom stereocenters. The Balaban J connectivity index is 3.04. The van der Waals surface area contributed by atoms with E-state index in [1.807, 2.05) is 20.8 Å². The predicted octanol–water partition coefficient (Wildman–Crippen LogP) is 3.75. The highest BCUT2D eigenvalue weighted by Gasteiger charge is 2.10. The number of halogens is 3. The van der Waals surface area contributed by atoms with Crippen LogP contribution >= 0.6 is 0 Å². The highest BCUT2D eigenvalue weighted by atomic mass is 19.2. The van der Waals surface area contributed by atoms with Gasteiger partial charge in [0, 0.05) is 6.54 Å². The number of hydrogen-bond donors (Lipinski definition) is 1. The lowest BCUT2D eigenvalue weighted by molar-refractivity contribution is 0.447. The Bertz CT molecular complexity index is 416. The molecule has 0 bridgehead atoms. The summed E-state index contributed by atoms with van der Waals surface area (Å²) in [4.78, 5) is 0. The summed E-state index contributed by atoms with van der Waals surface area (Å²) in [6, 6.07) is 2.01. The van der Waals surface area contributed by atoms with Gasteiger partial charge in [-0.25, -0.2) is 13.2 Å². The van der Waals surface area contributed by atoms with Crippen LogP contribution in [-0.4, -0.2) is 13.1 Å². The fourth-order valence-electron chi connectivity index (χ4n) is 1.56. The number of hydrogen-bond acceptors (Lipinski definition) is 1. The van der Waals surface area contributed by atoms with E-state index < -0.39 is 17.5 Å². The second kappa shape index (κ2) is 6.59. The average Bonchev–Trinajstić information content (AvgIpc) is 2.30. The molecule has 0 aliphatic rings. The van der Waals surface area contributed by atoms with Crippen LogP contribution in [0.25, 0.3) is 6.08 Å². The Morgan fingerprint density at radius 1 is 1.22 bits per heavy atom. The van der Waals surface area contributed by atoms with Crippen LogP contribution in [0.15, 0.2) is 17.7 Å². The van der Waals surface area contributed by atoms with Gasteiger partial charge in [-0.1, -0.05) is 32.4 Å². The summed E-state index contributed by atoms with van der Waals surface area (Å²) in [5.74, 6) is -3.49. The molecule has 0 aliphatic heterocycles. The van der Waals surface area contributed by atoms with Crippen LogP contribution in [0.5, 0.6) is 0 Å². The van der Waals surface area contributed by atoms with E-state index in [1.165, 1.54) is 0 Å². The summed E-state index contributed by atoms with van der Waals surface area (Å²) in [6.07, 6.45) is 1.69. The van der Waals surface area contributed by atoms with Gasteiger partial charge in [0.25, 0.3) is 0 Å². The molecule has 0 aromatic heterocycles. The minimum absolute atomic E-state index is 0.250. The monoisotopic (exact) mass is 257 g/mol. The molecule has 0 spiro atoms. The Morgan fingerprint density at radius 2 is 1.78 bits per heavy atom. The van der Waals surface area contributed by atoms with Gasteiger partial charge in [-0.05, 0) is 30.2 Å². The molecule has 18 heavy (non-hydrogen) atoms. The van der Waals surface area contributed by atoms with E-state index in [0.29, 0.717) is 12.1 Å². The number of benzene rings is 1. The van der Waals surface area contributed by atoms with Gasteiger partial charge >= 0.3 is 0 Å². The first kappa shape index (κ1) is 14.8. The van der Waals surface area contributed by atoms with Crippen molar-refractivity contribution in [2.24, 2.45) is 5.92 Å². The fraction of sp³-hybridized carbons (Fsp3) is 0.429. The summed E-state index contributed by atoms with van der Waals surface area (Å²) < 4.78 is 39.0. The van der Waals surface area contributed by atoms with Crippen molar-refractivity contribution < 1.29 is 13.2 Å². The van der Waals surface area contributed by atoms with E-state index in [1.54, 1.807) is 6.08 Å². The molecule has 0 saturated carbocycles. The topological polar surface area (TPSA) is 12.0 Å². The average molecular weight is 257 g/mol. The highest BCUT2D eigenvalue weighted by molar-refractivity contribution is 5.54. The molecule has 0 saturated heterocycles. The van der Waals surface area contributed by atoms with E-state index >= 15 is 0 Å². The first-order valence-electron chi connectivity index (χ1n) is 6.01. The molecule has 1 nitrogen and oxygen atoms in total. The molecule has 0 fully saturated rings. The maximum atomic E-state index is 13.1. The Hall–Kier alpha value is -1.29. The standard InChI is InChI=1S/C14H18F3N/c1-4-18-8-11(9(2)3)5-10-6-12(15)14(17)13(16)7-10/h5-7,9,18H,4,8H2,1-3H3. The third-order valence-corrected chi connectivity index (χ3v) is 2.68. The fourth-order valence-corrected chi connectivity index (χ4v) is 1.56. The van der Waals surface area contributed by atoms with Crippen molar-refractivity contribution in [2.75, 3.05) is 13.1 Å². The van der Waals surface area contributed by atoms with Crippen molar-refractivity contribution in [1.29, 1.82) is 0 Å². The summed E-state index contributed by atoms with van der Waals surface area (Å²) in [7, 11) is 0. The SMILES string of the molecule is CCNCC(=Cc1cc(F)c(F)c(F)c1)C(C)C. The van der Waals surface area contributed by atoms with Crippen LogP contribution < -0.4 is 5.32 Å². The van der Waals surface area contributed by atoms with E-state index in [0.717, 1.165) is 24.3 Å². The quantitative estimate of drug-likeness (QED) is 0.792. The van der Waals surface area contributed by atoms with E-state index in [4.69, 9.17) is 0 Å². The van der Waals surface area contributed by atoms with Gasteiger partial charge in [0.2, 0.25) is 0 Å². The van der Waals surface area contributed by atoms with Gasteiger partial charge in [-0.15, -0.1) is 0 Å². The second-order valence-corrected chi connectivity index (χ2v) is 4.45. The van der Waals surface area contributed by atoms with E-state index in [9.17, 15) is 13.2 Å². The van der Waals surface area contributed by atoms with Crippen molar-refractivity contribution >= 4 is 6.08 Å². The minimum Gasteiger partial charge on any atom is -0.313 e. The van der Waals surface area contributed by atoms with Gasteiger partial charge in [-0.2, -0.15) is 0 Å². The van der Waals surface area contributed by atoms with Crippen LogP contribution in [-0.2, 0) is 0 Å². The van der Waals surface area contributed by atoms with Crippen LogP contribution in [0, 0.1) is 23.4 Å². The van der Waals surface area contributed by atoms with Gasteiger partial charge in [0.1, 0.15) is 0 Å². The molecular weight excluding hydrogens is 239 g/mol. The summed E-state index contributed by atoms with van der Waals surface area (Å²) >= 11 is 0. The molecule has 0 radical (unpaired) electrons. The minimum atomic E-state index is -1.43. The van der Waals surface area contributed by atoms with Gasteiger partial charge in [0.15, 0.2) is 17.5 Å². The van der Waals surface area contributed by atoms with Crippen molar-refractivity contribution in [3.8, 4) is 0 Å². The molecule has 1 rings (SSSR count). The van der Waals surface area contributed by atoms with Crippen molar-refractivity contribution in [3.63, 3.8) is 0 Å². The van der Waals surface area contributed by atoms with Crippen molar-refractivity contribution in [1.82, 2.24) is 5.32 Å². The third kappa shape index (κ3) is 3.88. The molecule has 1 aromatic carbocycles. The number of rotatable bonds is 5. The number of likely N-dealkylation sites (N-methyl/N-ethyl adjacent to an activating group) is 1. The normalized spacial score (nSPS) is 12.3. The Kier molecular flexibility index (Phi) is 5.41. The maximum Gasteiger partial charge on any atom is 0.194 e. The zero-order chi connectivity index (χ0) is 13.7. The summed E-state index contributed by atoms with van der Waals surface area (Å²) in [5, 5.41) is 3.16. The van der Waals surface area contributed by atoms with Crippen LogP contribution in [0.2, 0.25) is 0 Å². The molecule has 0 aliphatic carbocycles. The lowest BCUT2D eigenvalue weighted by Crippen LogP contribution is -2.18. The first-order chi connectivity index (χ1) is 8.45. The van der Waals surface area contributed by atoms with Crippen molar-refractivity contribution in [2.45, 2.75) is 20.8 Å². The van der Waals surface area contributed by atoms with Gasteiger partial charge in [-0.3, -0.25) is 0 Å². The zero-order valence-corrected chi connectivity index (χ0v) is 10.9. The second-order valence-electron chi connectivity index (χ2n) is 4.45. The molecule has 0 amide bonds.